The molecule has 0 aromatic carbocycles. The Kier molecular flexibility index (Phi) is 5.44. The zero-order valence-electron chi connectivity index (χ0n) is 15.8. The number of amides is 2. The molecule has 2 heterocycles. The predicted molar refractivity (Wildman–Crippen MR) is 99.5 cm³/mol. The number of nitrogens with zero attached hydrogens (tertiary/aromatic N) is 3. The van der Waals surface area contributed by atoms with Crippen molar-refractivity contribution in [2.75, 3.05) is 18.0 Å². The summed E-state index contributed by atoms with van der Waals surface area (Å²) >= 11 is 0. The van der Waals surface area contributed by atoms with Gasteiger partial charge in [0.2, 0.25) is 17.8 Å². The van der Waals surface area contributed by atoms with Gasteiger partial charge in [0, 0.05) is 30.5 Å². The highest BCUT2D eigenvalue weighted by Crippen LogP contribution is 2.45. The van der Waals surface area contributed by atoms with Crippen LogP contribution in [-0.2, 0) is 9.59 Å². The lowest BCUT2D eigenvalue weighted by Crippen LogP contribution is -2.41. The van der Waals surface area contributed by atoms with Gasteiger partial charge in [0.25, 0.3) is 0 Å². The summed E-state index contributed by atoms with van der Waals surface area (Å²) in [5, 5.41) is 2.91. The van der Waals surface area contributed by atoms with Crippen molar-refractivity contribution < 1.29 is 9.59 Å². The van der Waals surface area contributed by atoms with Gasteiger partial charge in [0.1, 0.15) is 5.41 Å². The van der Waals surface area contributed by atoms with Crippen molar-refractivity contribution in [2.24, 2.45) is 11.1 Å². The van der Waals surface area contributed by atoms with E-state index in [2.05, 4.69) is 20.2 Å². The number of hydrogen-bond donors (Lipinski definition) is 2. The highest BCUT2D eigenvalue weighted by molar-refractivity contribution is 6.07. The van der Waals surface area contributed by atoms with Crippen molar-refractivity contribution in [3.05, 3.63) is 17.5 Å². The summed E-state index contributed by atoms with van der Waals surface area (Å²) in [6.07, 6.45) is 9.05. The summed E-state index contributed by atoms with van der Waals surface area (Å²) in [6.45, 7) is 5.81. The van der Waals surface area contributed by atoms with Crippen LogP contribution in [0.25, 0.3) is 0 Å². The molecule has 0 radical (unpaired) electrons. The number of nitrogens with one attached hydrogen (secondary N) is 1. The van der Waals surface area contributed by atoms with Crippen LogP contribution in [0.1, 0.15) is 69.2 Å². The maximum absolute atomic E-state index is 12.4. The fourth-order valence-corrected chi connectivity index (χ4v) is 3.61. The highest BCUT2D eigenvalue weighted by Gasteiger charge is 2.55. The van der Waals surface area contributed by atoms with Gasteiger partial charge < -0.3 is 16.0 Å². The average Bonchev–Trinajstić information content (AvgIpc) is 3.36. The number of hydrogen-bond acceptors (Lipinski definition) is 5. The summed E-state index contributed by atoms with van der Waals surface area (Å²) in [4.78, 5) is 35.4. The van der Waals surface area contributed by atoms with Crippen LogP contribution >= 0.6 is 0 Å². The lowest BCUT2D eigenvalue weighted by molar-refractivity contribution is -0.135. The Morgan fingerprint density at radius 2 is 1.81 bits per heavy atom. The van der Waals surface area contributed by atoms with Crippen LogP contribution < -0.4 is 16.0 Å². The normalized spacial score (nSPS) is 20.6. The van der Waals surface area contributed by atoms with Gasteiger partial charge in [-0.2, -0.15) is 0 Å². The first-order valence-corrected chi connectivity index (χ1v) is 9.63. The Morgan fingerprint density at radius 1 is 1.19 bits per heavy atom. The Hall–Kier alpha value is -2.18. The second-order valence-corrected chi connectivity index (χ2v) is 7.61. The molecule has 3 rings (SSSR count). The van der Waals surface area contributed by atoms with E-state index in [-0.39, 0.29) is 11.9 Å². The lowest BCUT2D eigenvalue weighted by Gasteiger charge is -2.26. The van der Waals surface area contributed by atoms with E-state index in [9.17, 15) is 9.59 Å². The molecule has 0 bridgehead atoms. The standard InChI is InChI=1S/C19H29N5O2/c1-13(22-17(26)19(8-9-19)16(20)25)15-12-21-18(23-14(15)2)24-10-6-4-3-5-7-11-24/h12-13H,3-11H2,1-2H3,(H2,20,25)(H,22,26). The number of aromatic nitrogens is 2. The molecule has 3 N–H and O–H groups in total. The van der Waals surface area contributed by atoms with E-state index in [1.807, 2.05) is 13.8 Å². The van der Waals surface area contributed by atoms with E-state index >= 15 is 0 Å². The Balaban J connectivity index is 1.68. The molecule has 1 aromatic rings. The van der Waals surface area contributed by atoms with Gasteiger partial charge in [-0.25, -0.2) is 9.97 Å². The zero-order chi connectivity index (χ0) is 18.7. The summed E-state index contributed by atoms with van der Waals surface area (Å²) in [5.74, 6) is -0.0603. The molecule has 7 heteroatoms. The summed E-state index contributed by atoms with van der Waals surface area (Å²) < 4.78 is 0. The number of anilines is 1. The summed E-state index contributed by atoms with van der Waals surface area (Å²) in [6, 6.07) is -0.263. The van der Waals surface area contributed by atoms with E-state index in [0.717, 1.165) is 30.3 Å². The molecule has 1 aliphatic carbocycles. The van der Waals surface area contributed by atoms with E-state index in [1.165, 1.54) is 32.1 Å². The Bertz CT molecular complexity index is 679. The number of primary amides is 1. The molecule has 1 unspecified atom stereocenters. The summed E-state index contributed by atoms with van der Waals surface area (Å²) in [5.41, 5.74) is 6.09. The quantitative estimate of drug-likeness (QED) is 0.783. The van der Waals surface area contributed by atoms with Crippen LogP contribution in [0.15, 0.2) is 6.20 Å². The minimum Gasteiger partial charge on any atom is -0.369 e. The third-order valence-electron chi connectivity index (χ3n) is 5.61. The zero-order valence-corrected chi connectivity index (χ0v) is 15.8. The molecular weight excluding hydrogens is 330 g/mol. The molecule has 1 aliphatic heterocycles. The highest BCUT2D eigenvalue weighted by atomic mass is 16.2. The molecule has 2 amide bonds. The molecule has 1 atom stereocenters. The van der Waals surface area contributed by atoms with E-state index < -0.39 is 11.3 Å². The van der Waals surface area contributed by atoms with E-state index in [1.54, 1.807) is 6.20 Å². The molecule has 1 saturated heterocycles. The van der Waals surface area contributed by atoms with Gasteiger partial charge >= 0.3 is 0 Å². The van der Waals surface area contributed by atoms with Crippen molar-refractivity contribution in [3.63, 3.8) is 0 Å². The van der Waals surface area contributed by atoms with E-state index in [4.69, 9.17) is 5.73 Å². The summed E-state index contributed by atoms with van der Waals surface area (Å²) in [7, 11) is 0. The first kappa shape index (κ1) is 18.6. The third-order valence-corrected chi connectivity index (χ3v) is 5.61. The van der Waals surface area contributed by atoms with Crippen LogP contribution in [0.3, 0.4) is 0 Å². The maximum Gasteiger partial charge on any atom is 0.236 e. The molecule has 2 fully saturated rings. The topological polar surface area (TPSA) is 101 Å². The molecule has 7 nitrogen and oxygen atoms in total. The second-order valence-electron chi connectivity index (χ2n) is 7.61. The first-order valence-electron chi connectivity index (χ1n) is 9.63. The molecule has 1 aromatic heterocycles. The van der Waals surface area contributed by atoms with Crippen LogP contribution in [0.2, 0.25) is 0 Å². The average molecular weight is 359 g/mol. The van der Waals surface area contributed by atoms with Crippen molar-refractivity contribution in [2.45, 2.75) is 64.8 Å². The molecule has 26 heavy (non-hydrogen) atoms. The van der Waals surface area contributed by atoms with Crippen LogP contribution in [0.5, 0.6) is 0 Å². The molecular formula is C19H29N5O2. The monoisotopic (exact) mass is 359 g/mol. The number of nitrogens with two attached hydrogens (primary N) is 1. The predicted octanol–water partition coefficient (Wildman–Crippen LogP) is 2.00. The number of carbonyl (C=O) groups is 2. The van der Waals surface area contributed by atoms with Gasteiger partial charge in [-0.3, -0.25) is 9.59 Å². The minimum atomic E-state index is -1.01. The molecule has 1 saturated carbocycles. The van der Waals surface area contributed by atoms with E-state index in [0.29, 0.717) is 12.8 Å². The largest absolute Gasteiger partial charge is 0.369 e. The number of aryl methyl sites for hydroxylation is 1. The smallest absolute Gasteiger partial charge is 0.236 e. The Labute approximate surface area is 154 Å². The van der Waals surface area contributed by atoms with Crippen LogP contribution in [0.4, 0.5) is 5.95 Å². The molecule has 142 valence electrons. The number of carbonyl (C=O) groups excluding carboxylic acids is 2. The molecule has 0 spiro atoms. The fraction of sp³-hybridized carbons (Fsp3) is 0.684. The van der Waals surface area contributed by atoms with Crippen LogP contribution in [0, 0.1) is 12.3 Å². The van der Waals surface area contributed by atoms with Gasteiger partial charge in [-0.1, -0.05) is 19.3 Å². The molecule has 2 aliphatic rings. The van der Waals surface area contributed by atoms with Gasteiger partial charge in [0.15, 0.2) is 0 Å². The fourth-order valence-electron chi connectivity index (χ4n) is 3.61. The van der Waals surface area contributed by atoms with Gasteiger partial charge in [-0.15, -0.1) is 0 Å². The van der Waals surface area contributed by atoms with Gasteiger partial charge in [0.05, 0.1) is 6.04 Å². The first-order chi connectivity index (χ1) is 12.4. The van der Waals surface area contributed by atoms with Crippen molar-refractivity contribution in [3.8, 4) is 0 Å². The lowest BCUT2D eigenvalue weighted by atomic mass is 10.0. The van der Waals surface area contributed by atoms with Crippen molar-refractivity contribution in [1.29, 1.82) is 0 Å². The van der Waals surface area contributed by atoms with Crippen molar-refractivity contribution in [1.82, 2.24) is 15.3 Å². The SMILES string of the molecule is Cc1nc(N2CCCCCCC2)ncc1C(C)NC(=O)C1(C(N)=O)CC1. The third kappa shape index (κ3) is 3.81. The minimum absolute atomic E-state index is 0.263. The second kappa shape index (κ2) is 7.60. The Morgan fingerprint density at radius 3 is 2.35 bits per heavy atom. The maximum atomic E-state index is 12.4. The number of rotatable bonds is 5. The van der Waals surface area contributed by atoms with Crippen LogP contribution in [-0.4, -0.2) is 34.9 Å². The van der Waals surface area contributed by atoms with Gasteiger partial charge in [-0.05, 0) is 39.5 Å². The van der Waals surface area contributed by atoms with Crippen molar-refractivity contribution >= 4 is 17.8 Å².